The van der Waals surface area contributed by atoms with E-state index in [2.05, 4.69) is 9.47 Å². The van der Waals surface area contributed by atoms with Gasteiger partial charge in [-0.25, -0.2) is 0 Å². The molecule has 0 aromatic rings. The number of ketones is 1. The zero-order valence-electron chi connectivity index (χ0n) is 8.60. The molecule has 0 rings (SSSR count). The Morgan fingerprint density at radius 3 is 2.47 bits per heavy atom. The van der Waals surface area contributed by atoms with E-state index in [0.717, 1.165) is 0 Å². The van der Waals surface area contributed by atoms with Crippen LogP contribution in [0.2, 0.25) is 0 Å². The van der Waals surface area contributed by atoms with Crippen LogP contribution in [0.15, 0.2) is 0 Å². The predicted molar refractivity (Wildman–Crippen MR) is 47.6 cm³/mol. The highest BCUT2D eigenvalue weighted by atomic mass is 19.4. The number of carbonyl (C=O) groups excluding carboxylic acids is 1. The van der Waals surface area contributed by atoms with E-state index in [9.17, 15) is 18.0 Å². The molecular weight excluding hydrogens is 213 g/mol. The maximum Gasteiger partial charge on any atom is 0.411 e. The Morgan fingerprint density at radius 1 is 1.27 bits per heavy atom. The molecule has 90 valence electrons. The van der Waals surface area contributed by atoms with Gasteiger partial charge >= 0.3 is 6.18 Å². The Labute approximate surface area is 86.5 Å². The van der Waals surface area contributed by atoms with Gasteiger partial charge in [0.25, 0.3) is 0 Å². The molecule has 0 amide bonds. The maximum absolute atomic E-state index is 11.6. The largest absolute Gasteiger partial charge is 0.411 e. The molecule has 0 radical (unpaired) electrons. The normalized spacial score (nSPS) is 11.7. The number of unbranched alkanes of at least 4 members (excludes halogenated alkanes) is 1. The Bertz CT molecular complexity index is 180. The van der Waals surface area contributed by atoms with Gasteiger partial charge in [-0.1, -0.05) is 0 Å². The topological polar surface area (TPSA) is 35.5 Å². The molecule has 0 aliphatic carbocycles. The second-order valence-corrected chi connectivity index (χ2v) is 3.10. The van der Waals surface area contributed by atoms with Crippen molar-refractivity contribution in [2.45, 2.75) is 25.4 Å². The van der Waals surface area contributed by atoms with E-state index in [0.29, 0.717) is 19.3 Å². The molecular formula is C9H15F3O3. The fourth-order valence-corrected chi connectivity index (χ4v) is 0.947. The Balaban J connectivity index is 3.22. The SMILES string of the molecule is COCC(=O)CCCCOCC(F)(F)F. The van der Waals surface area contributed by atoms with Crippen LogP contribution in [0.5, 0.6) is 0 Å². The summed E-state index contributed by atoms with van der Waals surface area (Å²) >= 11 is 0. The van der Waals surface area contributed by atoms with Gasteiger partial charge in [0.15, 0.2) is 5.78 Å². The Hall–Kier alpha value is -0.620. The molecule has 0 bridgehead atoms. The van der Waals surface area contributed by atoms with Crippen LogP contribution >= 0.6 is 0 Å². The number of alkyl halides is 3. The number of carbonyl (C=O) groups is 1. The summed E-state index contributed by atoms with van der Waals surface area (Å²) in [5.74, 6) is -0.0479. The quantitative estimate of drug-likeness (QED) is 0.596. The van der Waals surface area contributed by atoms with Crippen LogP contribution in [0.4, 0.5) is 13.2 Å². The van der Waals surface area contributed by atoms with Crippen molar-refractivity contribution in [1.29, 1.82) is 0 Å². The number of Topliss-reactive ketones (excluding diaryl/α,β-unsaturated/α-hetero) is 1. The van der Waals surface area contributed by atoms with Crippen molar-refractivity contribution in [3.8, 4) is 0 Å². The van der Waals surface area contributed by atoms with Crippen molar-refractivity contribution in [2.24, 2.45) is 0 Å². The van der Waals surface area contributed by atoms with Gasteiger partial charge < -0.3 is 9.47 Å². The smallest absolute Gasteiger partial charge is 0.377 e. The maximum atomic E-state index is 11.6. The van der Waals surface area contributed by atoms with Crippen LogP contribution < -0.4 is 0 Å². The molecule has 0 aromatic heterocycles. The lowest BCUT2D eigenvalue weighted by Crippen LogP contribution is -2.17. The molecule has 6 heteroatoms. The molecule has 0 aromatic carbocycles. The Morgan fingerprint density at radius 2 is 1.93 bits per heavy atom. The van der Waals surface area contributed by atoms with Crippen LogP contribution in [0, 0.1) is 0 Å². The van der Waals surface area contributed by atoms with E-state index in [-0.39, 0.29) is 19.0 Å². The third-order valence-corrected chi connectivity index (χ3v) is 1.57. The van der Waals surface area contributed by atoms with Crippen LogP contribution in [0.25, 0.3) is 0 Å². The fraction of sp³-hybridized carbons (Fsp3) is 0.889. The molecule has 0 saturated heterocycles. The van der Waals surface area contributed by atoms with E-state index >= 15 is 0 Å². The van der Waals surface area contributed by atoms with Gasteiger partial charge in [-0.3, -0.25) is 4.79 Å². The van der Waals surface area contributed by atoms with E-state index in [1.807, 2.05) is 0 Å². The van der Waals surface area contributed by atoms with E-state index < -0.39 is 12.8 Å². The summed E-state index contributed by atoms with van der Waals surface area (Å²) in [7, 11) is 1.42. The summed E-state index contributed by atoms with van der Waals surface area (Å²) < 4.78 is 43.8. The van der Waals surface area contributed by atoms with Crippen LogP contribution in [0.1, 0.15) is 19.3 Å². The highest BCUT2D eigenvalue weighted by Crippen LogP contribution is 2.14. The average molecular weight is 228 g/mol. The molecule has 0 N–H and O–H groups in total. The summed E-state index contributed by atoms with van der Waals surface area (Å²) in [5, 5.41) is 0. The molecule has 0 heterocycles. The summed E-state index contributed by atoms with van der Waals surface area (Å²) in [6.07, 6.45) is -2.97. The van der Waals surface area contributed by atoms with Gasteiger partial charge in [-0.2, -0.15) is 13.2 Å². The lowest BCUT2D eigenvalue weighted by Gasteiger charge is -2.06. The van der Waals surface area contributed by atoms with E-state index in [1.165, 1.54) is 7.11 Å². The molecule has 0 unspecified atom stereocenters. The van der Waals surface area contributed by atoms with Gasteiger partial charge in [-0.15, -0.1) is 0 Å². The highest BCUT2D eigenvalue weighted by Gasteiger charge is 2.27. The number of methoxy groups -OCH3 is 1. The minimum Gasteiger partial charge on any atom is -0.377 e. The first-order valence-corrected chi connectivity index (χ1v) is 4.61. The van der Waals surface area contributed by atoms with E-state index in [4.69, 9.17) is 0 Å². The summed E-state index contributed by atoms with van der Waals surface area (Å²) in [6, 6.07) is 0. The fourth-order valence-electron chi connectivity index (χ4n) is 0.947. The van der Waals surface area contributed by atoms with Crippen molar-refractivity contribution in [3.63, 3.8) is 0 Å². The van der Waals surface area contributed by atoms with Crippen molar-refractivity contribution >= 4 is 5.78 Å². The van der Waals surface area contributed by atoms with Gasteiger partial charge in [0.1, 0.15) is 13.2 Å². The molecule has 15 heavy (non-hydrogen) atoms. The number of hydrogen-bond acceptors (Lipinski definition) is 3. The minimum absolute atomic E-state index is 0.0276. The third kappa shape index (κ3) is 11.3. The molecule has 0 aliphatic heterocycles. The number of halogens is 3. The predicted octanol–water partition coefficient (Wildman–Crippen LogP) is 1.95. The number of rotatable bonds is 8. The van der Waals surface area contributed by atoms with Crippen LogP contribution in [-0.4, -0.2) is 38.9 Å². The first kappa shape index (κ1) is 14.4. The summed E-state index contributed by atoms with van der Waals surface area (Å²) in [4.78, 5) is 10.9. The molecule has 0 spiro atoms. The van der Waals surface area contributed by atoms with Crippen molar-refractivity contribution in [1.82, 2.24) is 0 Å². The number of ether oxygens (including phenoxy) is 2. The zero-order valence-corrected chi connectivity index (χ0v) is 8.60. The monoisotopic (exact) mass is 228 g/mol. The first-order valence-electron chi connectivity index (χ1n) is 4.61. The molecule has 0 fully saturated rings. The summed E-state index contributed by atoms with van der Waals surface area (Å²) in [6.45, 7) is -1.14. The number of hydrogen-bond donors (Lipinski definition) is 0. The highest BCUT2D eigenvalue weighted by molar-refractivity contribution is 5.79. The average Bonchev–Trinajstić information content (AvgIpc) is 2.09. The van der Waals surface area contributed by atoms with Gasteiger partial charge in [-0.05, 0) is 12.8 Å². The molecule has 3 nitrogen and oxygen atoms in total. The van der Waals surface area contributed by atoms with Crippen molar-refractivity contribution in [2.75, 3.05) is 26.9 Å². The molecule has 0 saturated carbocycles. The minimum atomic E-state index is -4.27. The van der Waals surface area contributed by atoms with Crippen molar-refractivity contribution in [3.05, 3.63) is 0 Å². The standard InChI is InChI=1S/C9H15F3O3/c1-14-6-8(13)4-2-3-5-15-7-9(10,11)12/h2-7H2,1H3. The third-order valence-electron chi connectivity index (χ3n) is 1.57. The lowest BCUT2D eigenvalue weighted by atomic mass is 10.2. The second-order valence-electron chi connectivity index (χ2n) is 3.10. The van der Waals surface area contributed by atoms with Crippen LogP contribution in [0.3, 0.4) is 0 Å². The second kappa shape index (κ2) is 7.64. The van der Waals surface area contributed by atoms with Gasteiger partial charge in [0.2, 0.25) is 0 Å². The molecule has 0 aliphatic rings. The van der Waals surface area contributed by atoms with Gasteiger partial charge in [0, 0.05) is 20.1 Å². The van der Waals surface area contributed by atoms with Crippen LogP contribution in [-0.2, 0) is 14.3 Å². The first-order chi connectivity index (χ1) is 6.95. The van der Waals surface area contributed by atoms with Gasteiger partial charge in [0.05, 0.1) is 0 Å². The zero-order chi connectivity index (χ0) is 11.7. The van der Waals surface area contributed by atoms with E-state index in [1.54, 1.807) is 0 Å². The summed E-state index contributed by atoms with van der Waals surface area (Å²) in [5.41, 5.74) is 0. The van der Waals surface area contributed by atoms with Crippen molar-refractivity contribution < 1.29 is 27.4 Å². The Kier molecular flexibility index (Phi) is 7.33. The molecule has 0 atom stereocenters. The lowest BCUT2D eigenvalue weighted by molar-refractivity contribution is -0.174.